The van der Waals surface area contributed by atoms with E-state index >= 15 is 0 Å². The number of carbonyl (C=O) groups excluding carboxylic acids is 1. The third-order valence-electron chi connectivity index (χ3n) is 3.93. The molecule has 0 N–H and O–H groups in total. The van der Waals surface area contributed by atoms with Crippen LogP contribution in [-0.4, -0.2) is 44.2 Å². The number of rotatable bonds is 5. The number of piperidine rings is 1. The number of benzene rings is 1. The molecule has 0 aliphatic carbocycles. The molecule has 1 aromatic rings. The van der Waals surface area contributed by atoms with Gasteiger partial charge >= 0.3 is 5.97 Å². The summed E-state index contributed by atoms with van der Waals surface area (Å²) < 4.78 is 10.1. The van der Waals surface area contributed by atoms with Crippen LogP contribution in [0.1, 0.15) is 24.8 Å². The molecule has 1 saturated heterocycles. The van der Waals surface area contributed by atoms with Gasteiger partial charge in [0.05, 0.1) is 14.2 Å². The van der Waals surface area contributed by atoms with Crippen molar-refractivity contribution in [3.63, 3.8) is 0 Å². The summed E-state index contributed by atoms with van der Waals surface area (Å²) in [6.45, 7) is 1.88. The predicted molar refractivity (Wildman–Crippen MR) is 77.9 cm³/mol. The Bertz CT molecular complexity index is 430. The smallest absolute Gasteiger partial charge is 0.323 e. The van der Waals surface area contributed by atoms with Crippen LogP contribution in [0.4, 0.5) is 0 Å². The Hall–Kier alpha value is -1.55. The number of methoxy groups -OCH3 is 2. The van der Waals surface area contributed by atoms with E-state index in [0.717, 1.165) is 44.5 Å². The molecule has 0 amide bonds. The number of ether oxygens (including phenoxy) is 2. The molecule has 1 atom stereocenters. The Morgan fingerprint density at radius 2 is 2.00 bits per heavy atom. The normalized spacial score (nSPS) is 19.6. The van der Waals surface area contributed by atoms with E-state index < -0.39 is 0 Å². The number of esters is 1. The fourth-order valence-corrected chi connectivity index (χ4v) is 2.73. The minimum atomic E-state index is -0.0977. The lowest BCUT2D eigenvalue weighted by molar-refractivity contribution is -0.148. The Morgan fingerprint density at radius 1 is 1.25 bits per heavy atom. The van der Waals surface area contributed by atoms with Crippen molar-refractivity contribution in [2.75, 3.05) is 27.3 Å². The molecule has 0 radical (unpaired) electrons. The minimum Gasteiger partial charge on any atom is -0.497 e. The van der Waals surface area contributed by atoms with E-state index in [0.29, 0.717) is 0 Å². The van der Waals surface area contributed by atoms with E-state index in [4.69, 9.17) is 9.47 Å². The van der Waals surface area contributed by atoms with Crippen LogP contribution in [0.3, 0.4) is 0 Å². The molecule has 1 aromatic carbocycles. The highest BCUT2D eigenvalue weighted by Gasteiger charge is 2.28. The summed E-state index contributed by atoms with van der Waals surface area (Å²) in [6.07, 6.45) is 4.13. The van der Waals surface area contributed by atoms with Gasteiger partial charge in [0.2, 0.25) is 0 Å². The first kappa shape index (κ1) is 14.9. The zero-order valence-corrected chi connectivity index (χ0v) is 12.3. The molecule has 0 spiro atoms. The van der Waals surface area contributed by atoms with Gasteiger partial charge in [-0.25, -0.2) is 0 Å². The van der Waals surface area contributed by atoms with Gasteiger partial charge in [0.15, 0.2) is 0 Å². The first-order valence-corrected chi connectivity index (χ1v) is 7.19. The summed E-state index contributed by atoms with van der Waals surface area (Å²) in [5, 5.41) is 0. The Kier molecular flexibility index (Phi) is 5.41. The Morgan fingerprint density at radius 3 is 2.65 bits per heavy atom. The molecule has 0 saturated carbocycles. The zero-order valence-electron chi connectivity index (χ0n) is 12.3. The van der Waals surface area contributed by atoms with Gasteiger partial charge in [-0.15, -0.1) is 0 Å². The molecule has 4 nitrogen and oxygen atoms in total. The van der Waals surface area contributed by atoms with Crippen molar-refractivity contribution in [3.05, 3.63) is 29.8 Å². The molecule has 2 rings (SSSR count). The van der Waals surface area contributed by atoms with E-state index in [1.54, 1.807) is 7.11 Å². The van der Waals surface area contributed by atoms with Crippen molar-refractivity contribution in [1.82, 2.24) is 4.90 Å². The van der Waals surface area contributed by atoms with Gasteiger partial charge in [-0.2, -0.15) is 0 Å². The molecule has 0 aromatic heterocycles. The summed E-state index contributed by atoms with van der Waals surface area (Å²) in [6, 6.07) is 8.05. The number of nitrogens with zero attached hydrogens (tertiary/aromatic N) is 1. The fraction of sp³-hybridized carbons (Fsp3) is 0.562. The molecule has 110 valence electrons. The first-order valence-electron chi connectivity index (χ1n) is 7.19. The van der Waals surface area contributed by atoms with E-state index in [-0.39, 0.29) is 12.0 Å². The topological polar surface area (TPSA) is 38.8 Å². The summed E-state index contributed by atoms with van der Waals surface area (Å²) in [4.78, 5) is 14.0. The molecule has 1 unspecified atom stereocenters. The van der Waals surface area contributed by atoms with Gasteiger partial charge in [0.1, 0.15) is 11.8 Å². The van der Waals surface area contributed by atoms with E-state index in [9.17, 15) is 4.79 Å². The second-order valence-corrected chi connectivity index (χ2v) is 5.17. The molecule has 1 aliphatic rings. The quantitative estimate of drug-likeness (QED) is 0.774. The highest BCUT2D eigenvalue weighted by molar-refractivity contribution is 5.75. The lowest BCUT2D eigenvalue weighted by Gasteiger charge is -2.33. The van der Waals surface area contributed by atoms with E-state index in [1.807, 2.05) is 12.1 Å². The Balaban J connectivity index is 1.91. The maximum atomic E-state index is 11.8. The van der Waals surface area contributed by atoms with Crippen molar-refractivity contribution in [2.45, 2.75) is 31.7 Å². The van der Waals surface area contributed by atoms with Gasteiger partial charge < -0.3 is 9.47 Å². The van der Waals surface area contributed by atoms with E-state index in [1.165, 1.54) is 12.7 Å². The molecule has 4 heteroatoms. The SMILES string of the molecule is COC(=O)C1CCCCN1CCc1ccc(OC)cc1. The van der Waals surface area contributed by atoms with Crippen LogP contribution in [-0.2, 0) is 16.0 Å². The van der Waals surface area contributed by atoms with Crippen LogP contribution < -0.4 is 4.74 Å². The van der Waals surface area contributed by atoms with Crippen LogP contribution in [0.2, 0.25) is 0 Å². The molecule has 20 heavy (non-hydrogen) atoms. The molecule has 0 bridgehead atoms. The average Bonchev–Trinajstić information content (AvgIpc) is 2.53. The van der Waals surface area contributed by atoms with Crippen molar-refractivity contribution in [3.8, 4) is 5.75 Å². The van der Waals surface area contributed by atoms with Crippen LogP contribution in [0.25, 0.3) is 0 Å². The number of hydrogen-bond acceptors (Lipinski definition) is 4. The summed E-state index contributed by atoms with van der Waals surface area (Å²) in [7, 11) is 3.14. The molecular weight excluding hydrogens is 254 g/mol. The monoisotopic (exact) mass is 277 g/mol. The van der Waals surface area contributed by atoms with Crippen molar-refractivity contribution in [1.29, 1.82) is 0 Å². The maximum absolute atomic E-state index is 11.8. The lowest BCUT2D eigenvalue weighted by atomic mass is 10.0. The van der Waals surface area contributed by atoms with Gasteiger partial charge in [0.25, 0.3) is 0 Å². The number of carbonyl (C=O) groups is 1. The summed E-state index contributed by atoms with van der Waals surface area (Å²) in [5.41, 5.74) is 1.26. The minimum absolute atomic E-state index is 0.0630. The van der Waals surface area contributed by atoms with Crippen molar-refractivity contribution >= 4 is 5.97 Å². The Labute approximate surface area is 120 Å². The van der Waals surface area contributed by atoms with Crippen LogP contribution in [0.15, 0.2) is 24.3 Å². The standard InChI is InChI=1S/C16H23NO3/c1-19-14-8-6-13(7-9-14)10-12-17-11-4-3-5-15(17)16(18)20-2/h6-9,15H,3-5,10-12H2,1-2H3. The number of hydrogen-bond donors (Lipinski definition) is 0. The third-order valence-corrected chi connectivity index (χ3v) is 3.93. The van der Waals surface area contributed by atoms with Crippen molar-refractivity contribution in [2.24, 2.45) is 0 Å². The lowest BCUT2D eigenvalue weighted by Crippen LogP contribution is -2.46. The van der Waals surface area contributed by atoms with Gasteiger partial charge in [-0.05, 0) is 43.5 Å². The largest absolute Gasteiger partial charge is 0.497 e. The van der Waals surface area contributed by atoms with Gasteiger partial charge in [-0.3, -0.25) is 9.69 Å². The summed E-state index contributed by atoms with van der Waals surface area (Å²) in [5.74, 6) is 0.776. The second kappa shape index (κ2) is 7.29. The highest BCUT2D eigenvalue weighted by Crippen LogP contribution is 2.19. The van der Waals surface area contributed by atoms with E-state index in [2.05, 4.69) is 17.0 Å². The first-order chi connectivity index (χ1) is 9.74. The van der Waals surface area contributed by atoms with Gasteiger partial charge in [-0.1, -0.05) is 18.6 Å². The summed E-state index contributed by atoms with van der Waals surface area (Å²) >= 11 is 0. The average molecular weight is 277 g/mol. The molecule has 1 aliphatic heterocycles. The zero-order chi connectivity index (χ0) is 14.4. The molecule has 1 fully saturated rings. The van der Waals surface area contributed by atoms with Crippen LogP contribution in [0, 0.1) is 0 Å². The predicted octanol–water partition coefficient (Wildman–Crippen LogP) is 2.27. The highest BCUT2D eigenvalue weighted by atomic mass is 16.5. The number of likely N-dealkylation sites (tertiary alicyclic amines) is 1. The maximum Gasteiger partial charge on any atom is 0.323 e. The van der Waals surface area contributed by atoms with Gasteiger partial charge in [0, 0.05) is 6.54 Å². The van der Waals surface area contributed by atoms with Crippen LogP contribution in [0.5, 0.6) is 5.75 Å². The third kappa shape index (κ3) is 3.73. The molecular formula is C16H23NO3. The van der Waals surface area contributed by atoms with Crippen LogP contribution >= 0.6 is 0 Å². The van der Waals surface area contributed by atoms with Crippen molar-refractivity contribution < 1.29 is 14.3 Å². The molecule has 1 heterocycles. The second-order valence-electron chi connectivity index (χ2n) is 5.17. The fourth-order valence-electron chi connectivity index (χ4n) is 2.73.